The van der Waals surface area contributed by atoms with Crippen LogP contribution in [0.25, 0.3) is 21.3 Å². The second kappa shape index (κ2) is 8.32. The Kier molecular flexibility index (Phi) is 5.88. The van der Waals surface area contributed by atoms with E-state index in [1.165, 1.54) is 30.4 Å². The molecule has 3 aromatic rings. The number of hydrogen-bond acceptors (Lipinski definition) is 6. The van der Waals surface area contributed by atoms with E-state index in [0.29, 0.717) is 0 Å². The van der Waals surface area contributed by atoms with E-state index in [9.17, 15) is 4.79 Å². The molecule has 4 rings (SSSR count). The Hall–Kier alpha value is -2.31. The molecule has 5 nitrogen and oxygen atoms in total. The van der Waals surface area contributed by atoms with Crippen molar-refractivity contribution in [1.82, 2.24) is 9.97 Å². The maximum atomic E-state index is 13.0. The maximum absolute atomic E-state index is 13.0. The fourth-order valence-corrected chi connectivity index (χ4v) is 5.65. The van der Waals surface area contributed by atoms with Crippen LogP contribution in [0.3, 0.4) is 0 Å². The molecule has 0 bridgehead atoms. The lowest BCUT2D eigenvalue weighted by Gasteiger charge is -2.28. The van der Waals surface area contributed by atoms with Crippen molar-refractivity contribution >= 4 is 27.5 Å². The van der Waals surface area contributed by atoms with Gasteiger partial charge in [0.1, 0.15) is 4.83 Å². The van der Waals surface area contributed by atoms with E-state index in [1.807, 2.05) is 46.9 Å². The van der Waals surface area contributed by atoms with Gasteiger partial charge in [0.2, 0.25) is 0 Å². The summed E-state index contributed by atoms with van der Waals surface area (Å²) >= 11 is 1.79. The molecule has 6 heteroatoms. The first-order valence-electron chi connectivity index (χ1n) is 10.8. The standard InChI is InChI=1S/C25H30N2O3S/c1-14-11-12-16(13-26-14)20-19(22(24(28)29-6)30-25(3,4)5)15(2)27-23-21(20)17-9-7-8-10-18(17)31-23/h11-13,22H,7-10H2,1-6H3. The van der Waals surface area contributed by atoms with Gasteiger partial charge in [-0.05, 0) is 71.9 Å². The molecule has 0 saturated carbocycles. The summed E-state index contributed by atoms with van der Waals surface area (Å²) in [4.78, 5) is 24.9. The monoisotopic (exact) mass is 438 g/mol. The lowest BCUT2D eigenvalue weighted by molar-refractivity contribution is -0.164. The molecular weight excluding hydrogens is 408 g/mol. The van der Waals surface area contributed by atoms with E-state index in [-0.39, 0.29) is 0 Å². The van der Waals surface area contributed by atoms with Gasteiger partial charge in [-0.2, -0.15) is 0 Å². The Bertz CT molecular complexity index is 1130. The summed E-state index contributed by atoms with van der Waals surface area (Å²) in [7, 11) is 1.40. The number of aromatic nitrogens is 2. The molecule has 0 fully saturated rings. The van der Waals surface area contributed by atoms with Gasteiger partial charge >= 0.3 is 5.97 Å². The zero-order valence-electron chi connectivity index (χ0n) is 19.2. The summed E-state index contributed by atoms with van der Waals surface area (Å²) in [5.41, 5.74) is 5.36. The van der Waals surface area contributed by atoms with Crippen molar-refractivity contribution < 1.29 is 14.3 Å². The molecule has 0 aromatic carbocycles. The molecule has 1 aliphatic rings. The van der Waals surface area contributed by atoms with Crippen LogP contribution in [0.5, 0.6) is 0 Å². The summed E-state index contributed by atoms with van der Waals surface area (Å²) in [6, 6.07) is 4.09. The molecule has 164 valence electrons. The number of nitrogens with zero attached hydrogens (tertiary/aromatic N) is 2. The topological polar surface area (TPSA) is 61.3 Å². The van der Waals surface area contributed by atoms with Crippen LogP contribution in [0.2, 0.25) is 0 Å². The fourth-order valence-electron chi connectivity index (χ4n) is 4.34. The number of fused-ring (bicyclic) bond motifs is 3. The van der Waals surface area contributed by atoms with Crippen LogP contribution in [-0.2, 0) is 27.1 Å². The predicted molar refractivity (Wildman–Crippen MR) is 125 cm³/mol. The average Bonchev–Trinajstić information content (AvgIpc) is 3.08. The van der Waals surface area contributed by atoms with E-state index in [0.717, 1.165) is 51.1 Å². The van der Waals surface area contributed by atoms with Crippen molar-refractivity contribution in [3.05, 3.63) is 45.7 Å². The molecule has 1 atom stereocenters. The first-order chi connectivity index (χ1) is 14.7. The lowest BCUT2D eigenvalue weighted by Crippen LogP contribution is -2.29. The normalized spacial score (nSPS) is 15.0. The molecule has 0 spiro atoms. The number of carbonyl (C=O) groups excluding carboxylic acids is 1. The van der Waals surface area contributed by atoms with Crippen molar-refractivity contribution in [2.75, 3.05) is 7.11 Å². The van der Waals surface area contributed by atoms with Gasteiger partial charge in [-0.3, -0.25) is 4.98 Å². The van der Waals surface area contributed by atoms with Crippen molar-refractivity contribution in [3.63, 3.8) is 0 Å². The molecule has 0 saturated heterocycles. The summed E-state index contributed by atoms with van der Waals surface area (Å²) in [5, 5.41) is 1.15. The van der Waals surface area contributed by atoms with Crippen LogP contribution in [0, 0.1) is 13.8 Å². The molecule has 0 radical (unpaired) electrons. The van der Waals surface area contributed by atoms with Crippen molar-refractivity contribution in [2.24, 2.45) is 0 Å². The van der Waals surface area contributed by atoms with E-state index in [2.05, 4.69) is 11.1 Å². The van der Waals surface area contributed by atoms with Gasteiger partial charge in [0.05, 0.1) is 12.7 Å². The number of hydrogen-bond donors (Lipinski definition) is 0. The second-order valence-corrected chi connectivity index (χ2v) is 10.3. The van der Waals surface area contributed by atoms with Crippen LogP contribution in [-0.4, -0.2) is 28.6 Å². The Labute approximate surface area is 187 Å². The van der Waals surface area contributed by atoms with Crippen molar-refractivity contribution in [2.45, 2.75) is 72.0 Å². The van der Waals surface area contributed by atoms with E-state index < -0.39 is 17.7 Å². The highest BCUT2D eigenvalue weighted by atomic mass is 32.1. The van der Waals surface area contributed by atoms with Gasteiger partial charge in [-0.15, -0.1) is 11.3 Å². The third kappa shape index (κ3) is 4.23. The molecule has 3 aromatic heterocycles. The third-order valence-corrected chi connectivity index (χ3v) is 6.87. The number of pyridine rings is 2. The first kappa shape index (κ1) is 21.9. The van der Waals surface area contributed by atoms with Crippen molar-refractivity contribution in [1.29, 1.82) is 0 Å². The lowest BCUT2D eigenvalue weighted by atomic mass is 9.88. The smallest absolute Gasteiger partial charge is 0.339 e. The Morgan fingerprint density at radius 1 is 1.16 bits per heavy atom. The highest BCUT2D eigenvalue weighted by Crippen LogP contribution is 2.45. The Balaban J connectivity index is 2.08. The number of carbonyl (C=O) groups is 1. The zero-order valence-corrected chi connectivity index (χ0v) is 20.0. The number of thiophene rings is 1. The summed E-state index contributed by atoms with van der Waals surface area (Å²) < 4.78 is 11.5. The van der Waals surface area contributed by atoms with Gasteiger partial charge in [0, 0.05) is 44.5 Å². The van der Waals surface area contributed by atoms with E-state index >= 15 is 0 Å². The largest absolute Gasteiger partial charge is 0.467 e. The Morgan fingerprint density at radius 3 is 2.55 bits per heavy atom. The average molecular weight is 439 g/mol. The number of aryl methyl sites for hydroxylation is 4. The second-order valence-electron chi connectivity index (χ2n) is 9.20. The van der Waals surface area contributed by atoms with Crippen LogP contribution in [0.15, 0.2) is 18.3 Å². The number of methoxy groups -OCH3 is 1. The molecule has 0 N–H and O–H groups in total. The molecule has 1 unspecified atom stereocenters. The summed E-state index contributed by atoms with van der Waals surface area (Å²) in [5.74, 6) is -0.412. The van der Waals surface area contributed by atoms with Gasteiger partial charge in [0.25, 0.3) is 0 Å². The molecule has 1 aliphatic carbocycles. The number of rotatable bonds is 4. The number of ether oxygens (including phenoxy) is 2. The van der Waals surface area contributed by atoms with Crippen LogP contribution >= 0.6 is 11.3 Å². The highest BCUT2D eigenvalue weighted by molar-refractivity contribution is 7.19. The zero-order chi connectivity index (χ0) is 22.3. The number of esters is 1. The Morgan fingerprint density at radius 2 is 1.90 bits per heavy atom. The predicted octanol–water partition coefficient (Wildman–Crippen LogP) is 5.88. The minimum Gasteiger partial charge on any atom is -0.467 e. The fraction of sp³-hybridized carbons (Fsp3) is 0.480. The maximum Gasteiger partial charge on any atom is 0.339 e. The quantitative estimate of drug-likeness (QED) is 0.476. The molecular formula is C25H30N2O3S. The van der Waals surface area contributed by atoms with Gasteiger partial charge in [-0.1, -0.05) is 6.07 Å². The molecule has 3 heterocycles. The molecule has 31 heavy (non-hydrogen) atoms. The highest BCUT2D eigenvalue weighted by Gasteiger charge is 2.34. The van der Waals surface area contributed by atoms with Crippen LogP contribution in [0.1, 0.15) is 67.1 Å². The minimum absolute atomic E-state index is 0.412. The van der Waals surface area contributed by atoms with Crippen LogP contribution < -0.4 is 0 Å². The minimum atomic E-state index is -0.864. The first-order valence-corrected chi connectivity index (χ1v) is 11.6. The molecule has 0 aliphatic heterocycles. The third-order valence-electron chi connectivity index (χ3n) is 5.68. The van der Waals surface area contributed by atoms with Gasteiger partial charge in [-0.25, -0.2) is 9.78 Å². The van der Waals surface area contributed by atoms with Crippen molar-refractivity contribution in [3.8, 4) is 11.1 Å². The molecule has 0 amide bonds. The van der Waals surface area contributed by atoms with Gasteiger partial charge < -0.3 is 9.47 Å². The van der Waals surface area contributed by atoms with E-state index in [4.69, 9.17) is 14.5 Å². The summed E-state index contributed by atoms with van der Waals surface area (Å²) in [6.45, 7) is 9.78. The SMILES string of the molecule is COC(=O)C(OC(C)(C)C)c1c(C)nc2sc3c(c2c1-c1ccc(C)nc1)CCCC3. The summed E-state index contributed by atoms with van der Waals surface area (Å²) in [6.07, 6.45) is 5.55. The van der Waals surface area contributed by atoms with E-state index in [1.54, 1.807) is 11.3 Å². The van der Waals surface area contributed by atoms with Crippen LogP contribution in [0.4, 0.5) is 0 Å². The van der Waals surface area contributed by atoms with Gasteiger partial charge in [0.15, 0.2) is 6.10 Å².